The SMILES string of the molecule is O=C1N2C[C@@H](CC[C@H]2c2nnc(C3[C@H]4CNC[C@@H]34)o2)N1OS(=O)(=O)O. The van der Waals surface area contributed by atoms with Crippen LogP contribution in [0, 0.1) is 11.8 Å². The third-order valence-electron chi connectivity index (χ3n) is 5.62. The molecule has 3 saturated heterocycles. The van der Waals surface area contributed by atoms with E-state index in [1.807, 2.05) is 0 Å². The van der Waals surface area contributed by atoms with E-state index in [1.165, 1.54) is 4.90 Å². The lowest BCUT2D eigenvalue weighted by Crippen LogP contribution is -2.35. The molecule has 4 heterocycles. The van der Waals surface area contributed by atoms with Crippen molar-refractivity contribution in [2.45, 2.75) is 30.8 Å². The molecule has 12 heteroatoms. The Morgan fingerprint density at radius 2 is 1.92 bits per heavy atom. The van der Waals surface area contributed by atoms with Gasteiger partial charge in [-0.05, 0) is 37.8 Å². The van der Waals surface area contributed by atoms with Crippen LogP contribution in [0.25, 0.3) is 0 Å². The lowest BCUT2D eigenvalue weighted by atomic mass is 10.0. The molecule has 4 fully saturated rings. The fourth-order valence-corrected chi connectivity index (χ4v) is 4.78. The van der Waals surface area contributed by atoms with E-state index in [2.05, 4.69) is 19.8 Å². The zero-order valence-electron chi connectivity index (χ0n) is 13.1. The van der Waals surface area contributed by atoms with Crippen molar-refractivity contribution in [3.63, 3.8) is 0 Å². The summed E-state index contributed by atoms with van der Waals surface area (Å²) in [6, 6.07) is -1.46. The summed E-state index contributed by atoms with van der Waals surface area (Å²) in [4.78, 5) is 13.9. The zero-order chi connectivity index (χ0) is 17.3. The number of hydrogen-bond donors (Lipinski definition) is 2. The molecule has 2 N–H and O–H groups in total. The summed E-state index contributed by atoms with van der Waals surface area (Å²) in [5.41, 5.74) is 0. The molecule has 4 aliphatic rings. The van der Waals surface area contributed by atoms with Crippen LogP contribution in [-0.2, 0) is 14.7 Å². The van der Waals surface area contributed by atoms with E-state index in [0.29, 0.717) is 47.4 Å². The number of hydrogen-bond acceptors (Lipinski definition) is 8. The minimum atomic E-state index is -4.75. The van der Waals surface area contributed by atoms with Crippen molar-refractivity contribution in [2.24, 2.45) is 11.8 Å². The standard InChI is InChI=1S/C13H17N5O6S/c19-13-17-5-6(18(13)24-25(20,21)22)1-2-9(17)11-15-16-12(23-11)10-7-3-14-4-8(7)10/h6-10,14H,1-5H2,(H,20,21,22)/t6-,7-,8+,9+,10?/m1/s1. The molecule has 11 nitrogen and oxygen atoms in total. The molecule has 25 heavy (non-hydrogen) atoms. The van der Waals surface area contributed by atoms with E-state index in [0.717, 1.165) is 13.1 Å². The second kappa shape index (κ2) is 5.13. The smallest absolute Gasteiger partial charge is 0.418 e. The Hall–Kier alpha value is -1.76. The predicted molar refractivity (Wildman–Crippen MR) is 79.2 cm³/mol. The maximum Gasteiger partial charge on any atom is 0.418 e. The van der Waals surface area contributed by atoms with Crippen LogP contribution >= 0.6 is 0 Å². The number of hydroxylamine groups is 2. The highest BCUT2D eigenvalue weighted by Crippen LogP contribution is 2.55. The topological polar surface area (TPSA) is 138 Å². The summed E-state index contributed by atoms with van der Waals surface area (Å²) >= 11 is 0. The fourth-order valence-electron chi connectivity index (χ4n) is 4.39. The van der Waals surface area contributed by atoms with Crippen molar-refractivity contribution in [1.29, 1.82) is 0 Å². The van der Waals surface area contributed by atoms with Gasteiger partial charge in [-0.25, -0.2) is 4.79 Å². The zero-order valence-corrected chi connectivity index (χ0v) is 13.9. The first kappa shape index (κ1) is 15.5. The number of nitrogens with zero attached hydrogens (tertiary/aromatic N) is 4. The summed E-state index contributed by atoms with van der Waals surface area (Å²) in [6.07, 6.45) is 1.07. The Morgan fingerprint density at radius 3 is 2.64 bits per heavy atom. The Kier molecular flexibility index (Phi) is 3.18. The first-order valence-electron chi connectivity index (χ1n) is 8.23. The number of nitrogens with one attached hydrogen (secondary N) is 1. The number of piperidine rings is 2. The monoisotopic (exact) mass is 371 g/mol. The van der Waals surface area contributed by atoms with Gasteiger partial charge in [0.05, 0.1) is 6.04 Å². The van der Waals surface area contributed by atoms with Crippen LogP contribution in [0.2, 0.25) is 0 Å². The van der Waals surface area contributed by atoms with Crippen LogP contribution in [-0.4, -0.2) is 64.8 Å². The van der Waals surface area contributed by atoms with Gasteiger partial charge in [0.2, 0.25) is 11.8 Å². The molecule has 0 aromatic carbocycles. The molecule has 1 aromatic rings. The van der Waals surface area contributed by atoms with Gasteiger partial charge in [-0.15, -0.1) is 14.5 Å². The molecule has 2 amide bonds. The van der Waals surface area contributed by atoms with Crippen molar-refractivity contribution < 1.29 is 26.5 Å². The lowest BCUT2D eigenvalue weighted by molar-refractivity contribution is -0.0317. The van der Waals surface area contributed by atoms with Gasteiger partial charge >= 0.3 is 16.4 Å². The summed E-state index contributed by atoms with van der Waals surface area (Å²) in [6.45, 7) is 2.21. The predicted octanol–water partition coefficient (Wildman–Crippen LogP) is -0.322. The first-order valence-corrected chi connectivity index (χ1v) is 9.60. The fraction of sp³-hybridized carbons (Fsp3) is 0.769. The highest BCUT2D eigenvalue weighted by atomic mass is 32.3. The van der Waals surface area contributed by atoms with Gasteiger partial charge in [-0.1, -0.05) is 0 Å². The molecule has 1 unspecified atom stereocenters. The number of aromatic nitrogens is 2. The summed E-state index contributed by atoms with van der Waals surface area (Å²) in [7, 11) is -4.75. The second-order valence-electron chi connectivity index (χ2n) is 7.00. The van der Waals surface area contributed by atoms with Gasteiger partial charge in [0.25, 0.3) is 0 Å². The molecule has 3 aliphatic heterocycles. The Morgan fingerprint density at radius 1 is 1.20 bits per heavy atom. The van der Waals surface area contributed by atoms with E-state index in [4.69, 9.17) is 8.97 Å². The van der Waals surface area contributed by atoms with E-state index in [1.54, 1.807) is 0 Å². The van der Waals surface area contributed by atoms with Crippen LogP contribution in [0.15, 0.2) is 4.42 Å². The van der Waals surface area contributed by atoms with E-state index >= 15 is 0 Å². The average Bonchev–Trinajstić information content (AvgIpc) is 2.97. The van der Waals surface area contributed by atoms with E-state index in [-0.39, 0.29) is 6.54 Å². The molecular weight excluding hydrogens is 354 g/mol. The number of fused-ring (bicyclic) bond motifs is 3. The first-order chi connectivity index (χ1) is 11.9. The highest BCUT2D eigenvalue weighted by Gasteiger charge is 2.57. The van der Waals surface area contributed by atoms with Crippen LogP contribution in [0.3, 0.4) is 0 Å². The maximum atomic E-state index is 12.4. The summed E-state index contributed by atoms with van der Waals surface area (Å²) in [5.74, 6) is 2.39. The van der Waals surface area contributed by atoms with Gasteiger partial charge in [-0.2, -0.15) is 13.5 Å². The normalized spacial score (nSPS) is 36.8. The lowest BCUT2D eigenvalue weighted by Gasteiger charge is -2.27. The molecular formula is C13H17N5O6S. The number of urea groups is 1. The molecule has 0 radical (unpaired) electrons. The molecule has 5 atom stereocenters. The van der Waals surface area contributed by atoms with Crippen LogP contribution < -0.4 is 5.32 Å². The summed E-state index contributed by atoms with van der Waals surface area (Å²) in [5, 5.41) is 12.3. The average molecular weight is 371 g/mol. The van der Waals surface area contributed by atoms with Gasteiger partial charge in [0.15, 0.2) is 0 Å². The molecule has 5 rings (SSSR count). The number of carbonyl (C=O) groups is 1. The molecule has 136 valence electrons. The molecule has 1 saturated carbocycles. The van der Waals surface area contributed by atoms with Crippen LogP contribution in [0.1, 0.15) is 36.6 Å². The van der Waals surface area contributed by atoms with Crippen LogP contribution in [0.4, 0.5) is 4.79 Å². The van der Waals surface area contributed by atoms with E-state index in [9.17, 15) is 13.2 Å². The third-order valence-corrected chi connectivity index (χ3v) is 5.96. The maximum absolute atomic E-state index is 12.4. The van der Waals surface area contributed by atoms with Crippen molar-refractivity contribution in [1.82, 2.24) is 25.5 Å². The van der Waals surface area contributed by atoms with Crippen molar-refractivity contribution in [3.05, 3.63) is 11.8 Å². The highest BCUT2D eigenvalue weighted by molar-refractivity contribution is 7.80. The van der Waals surface area contributed by atoms with Gasteiger partial charge in [0.1, 0.15) is 6.04 Å². The van der Waals surface area contributed by atoms with Crippen molar-refractivity contribution in [2.75, 3.05) is 19.6 Å². The number of amides is 2. The van der Waals surface area contributed by atoms with Gasteiger partial charge < -0.3 is 14.6 Å². The quantitative estimate of drug-likeness (QED) is 0.682. The largest absolute Gasteiger partial charge is 0.423 e. The molecule has 2 bridgehead atoms. The van der Waals surface area contributed by atoms with Gasteiger partial charge in [-0.3, -0.25) is 4.55 Å². The van der Waals surface area contributed by atoms with Crippen LogP contribution in [0.5, 0.6) is 0 Å². The van der Waals surface area contributed by atoms with E-state index < -0.39 is 28.5 Å². The molecule has 1 aliphatic carbocycles. The Labute approximate surface area is 143 Å². The number of carbonyl (C=O) groups excluding carboxylic acids is 1. The molecule has 0 spiro atoms. The minimum Gasteiger partial charge on any atom is -0.423 e. The minimum absolute atomic E-state index is 0.287. The van der Waals surface area contributed by atoms with Crippen molar-refractivity contribution in [3.8, 4) is 0 Å². The Bertz CT molecular complexity index is 817. The second-order valence-corrected chi connectivity index (χ2v) is 8.00. The molecule has 1 aromatic heterocycles. The van der Waals surface area contributed by atoms with Gasteiger partial charge in [0, 0.05) is 12.5 Å². The third kappa shape index (κ3) is 2.43. The van der Waals surface area contributed by atoms with Crippen molar-refractivity contribution >= 4 is 16.4 Å². The Balaban J connectivity index is 1.34. The number of rotatable bonds is 4. The summed E-state index contributed by atoms with van der Waals surface area (Å²) < 4.78 is 41.0.